The molecular weight excluding hydrogens is 901 g/mol. The van der Waals surface area contributed by atoms with Gasteiger partial charge in [0.25, 0.3) is 0 Å². The lowest BCUT2D eigenvalue weighted by atomic mass is 10.1. The Morgan fingerprint density at radius 2 is 0.534 bits per heavy atom. The summed E-state index contributed by atoms with van der Waals surface area (Å²) in [7, 11) is 0. The molecule has 0 aliphatic rings. The quantitative estimate of drug-likeness (QED) is 0.0261. The second-order valence-electron chi connectivity index (χ2n) is 19.5. The summed E-state index contributed by atoms with van der Waals surface area (Å²) in [5, 5.41) is 0. The molecule has 0 aromatic rings. The Balaban J connectivity index is 4.46. The highest BCUT2D eigenvalue weighted by molar-refractivity contribution is 5.71. The third kappa shape index (κ3) is 58.6. The van der Waals surface area contributed by atoms with Crippen molar-refractivity contribution < 1.29 is 28.6 Å². The number of esters is 3. The Hall–Kier alpha value is -4.19. The summed E-state index contributed by atoms with van der Waals surface area (Å²) in [5.41, 5.74) is 0. The van der Waals surface area contributed by atoms with Crippen LogP contribution in [0.3, 0.4) is 0 Å². The van der Waals surface area contributed by atoms with Crippen LogP contribution >= 0.6 is 0 Å². The van der Waals surface area contributed by atoms with Crippen molar-refractivity contribution in [1.82, 2.24) is 0 Å². The first-order valence-electron chi connectivity index (χ1n) is 30.0. The number of rotatable bonds is 53. The molecule has 0 saturated heterocycles. The molecule has 6 nitrogen and oxygen atoms in total. The van der Waals surface area contributed by atoms with Crippen molar-refractivity contribution >= 4 is 17.9 Å². The number of ether oxygens (including phenoxy) is 3. The lowest BCUT2D eigenvalue weighted by Crippen LogP contribution is -2.30. The van der Waals surface area contributed by atoms with Crippen molar-refractivity contribution in [2.45, 2.75) is 271 Å². The topological polar surface area (TPSA) is 78.9 Å². The van der Waals surface area contributed by atoms with Gasteiger partial charge in [-0.25, -0.2) is 0 Å². The highest BCUT2D eigenvalue weighted by Gasteiger charge is 2.19. The molecule has 0 N–H and O–H groups in total. The average molecular weight is 1010 g/mol. The summed E-state index contributed by atoms with van der Waals surface area (Å²) < 4.78 is 16.8. The van der Waals surface area contributed by atoms with Crippen LogP contribution in [0.15, 0.2) is 122 Å². The molecular formula is C67H110O6. The summed E-state index contributed by atoms with van der Waals surface area (Å²) in [6.07, 6.45) is 83.3. The lowest BCUT2D eigenvalue weighted by molar-refractivity contribution is -0.167. The number of carbonyl (C=O) groups is 3. The van der Waals surface area contributed by atoms with Gasteiger partial charge in [0.2, 0.25) is 0 Å². The van der Waals surface area contributed by atoms with Crippen LogP contribution in [0, 0.1) is 0 Å². The number of carbonyl (C=O) groups excluding carboxylic acids is 3. The fourth-order valence-electron chi connectivity index (χ4n) is 7.92. The van der Waals surface area contributed by atoms with Crippen LogP contribution in [0.1, 0.15) is 265 Å². The van der Waals surface area contributed by atoms with Gasteiger partial charge in [-0.15, -0.1) is 0 Å². The first kappa shape index (κ1) is 68.8. The molecule has 0 rings (SSSR count). The molecule has 0 spiro atoms. The normalized spacial score (nSPS) is 13.0. The molecule has 6 heteroatoms. The molecule has 73 heavy (non-hydrogen) atoms. The second-order valence-corrected chi connectivity index (χ2v) is 19.5. The van der Waals surface area contributed by atoms with Crippen LogP contribution in [0.4, 0.5) is 0 Å². The summed E-state index contributed by atoms with van der Waals surface area (Å²) >= 11 is 0. The van der Waals surface area contributed by atoms with Gasteiger partial charge >= 0.3 is 17.9 Å². The summed E-state index contributed by atoms with van der Waals surface area (Å²) in [5.74, 6) is -0.957. The minimum Gasteiger partial charge on any atom is -0.462 e. The Kier molecular flexibility index (Phi) is 56.9. The van der Waals surface area contributed by atoms with Gasteiger partial charge in [0.1, 0.15) is 13.2 Å². The van der Waals surface area contributed by atoms with Gasteiger partial charge in [-0.3, -0.25) is 14.4 Å². The summed E-state index contributed by atoms with van der Waals surface area (Å²) in [6.45, 7) is 6.45. The van der Waals surface area contributed by atoms with Crippen LogP contribution < -0.4 is 0 Å². The van der Waals surface area contributed by atoms with E-state index in [9.17, 15) is 14.4 Å². The van der Waals surface area contributed by atoms with Gasteiger partial charge in [0, 0.05) is 19.3 Å². The predicted molar refractivity (Wildman–Crippen MR) is 316 cm³/mol. The maximum Gasteiger partial charge on any atom is 0.306 e. The monoisotopic (exact) mass is 1010 g/mol. The first-order chi connectivity index (χ1) is 36.0. The Morgan fingerprint density at radius 3 is 0.877 bits per heavy atom. The van der Waals surface area contributed by atoms with Crippen molar-refractivity contribution in [3.8, 4) is 0 Å². The average Bonchev–Trinajstić information content (AvgIpc) is 3.39. The molecule has 0 aliphatic heterocycles. The zero-order valence-electron chi connectivity index (χ0n) is 47.4. The highest BCUT2D eigenvalue weighted by Crippen LogP contribution is 2.13. The Labute approximate surface area is 450 Å². The fourth-order valence-corrected chi connectivity index (χ4v) is 7.92. The Bertz CT molecular complexity index is 1540. The molecule has 1 atom stereocenters. The van der Waals surface area contributed by atoms with Gasteiger partial charge in [0.05, 0.1) is 0 Å². The molecule has 0 aromatic heterocycles. The van der Waals surface area contributed by atoms with E-state index in [2.05, 4.69) is 142 Å². The van der Waals surface area contributed by atoms with E-state index in [1.807, 2.05) is 0 Å². The van der Waals surface area contributed by atoms with Gasteiger partial charge in [-0.1, -0.05) is 232 Å². The van der Waals surface area contributed by atoms with Crippen molar-refractivity contribution in [3.05, 3.63) is 122 Å². The zero-order chi connectivity index (χ0) is 52.9. The van der Waals surface area contributed by atoms with E-state index < -0.39 is 6.10 Å². The van der Waals surface area contributed by atoms with E-state index in [4.69, 9.17) is 14.2 Å². The predicted octanol–water partition coefficient (Wildman–Crippen LogP) is 20.4. The smallest absolute Gasteiger partial charge is 0.306 e. The van der Waals surface area contributed by atoms with Crippen LogP contribution in [0.5, 0.6) is 0 Å². The molecule has 0 aromatic carbocycles. The maximum atomic E-state index is 12.9. The van der Waals surface area contributed by atoms with Crippen LogP contribution in [-0.4, -0.2) is 37.2 Å². The highest BCUT2D eigenvalue weighted by atomic mass is 16.6. The van der Waals surface area contributed by atoms with Gasteiger partial charge in [-0.2, -0.15) is 0 Å². The van der Waals surface area contributed by atoms with Gasteiger partial charge in [-0.05, 0) is 135 Å². The van der Waals surface area contributed by atoms with Crippen molar-refractivity contribution in [3.63, 3.8) is 0 Å². The number of hydrogen-bond donors (Lipinski definition) is 0. The third-order valence-corrected chi connectivity index (χ3v) is 12.4. The van der Waals surface area contributed by atoms with E-state index in [0.717, 1.165) is 148 Å². The molecule has 0 amide bonds. The largest absolute Gasteiger partial charge is 0.462 e. The number of allylic oxidation sites excluding steroid dienone is 20. The summed E-state index contributed by atoms with van der Waals surface area (Å²) in [6, 6.07) is 0. The first-order valence-corrected chi connectivity index (χ1v) is 30.0. The molecule has 0 aliphatic carbocycles. The molecule has 414 valence electrons. The minimum atomic E-state index is -0.807. The van der Waals surface area contributed by atoms with Crippen LogP contribution in [-0.2, 0) is 28.6 Å². The number of unbranched alkanes of at least 4 members (excludes halogenated alkanes) is 22. The van der Waals surface area contributed by atoms with E-state index in [1.165, 1.54) is 77.0 Å². The minimum absolute atomic E-state index is 0.101. The zero-order valence-corrected chi connectivity index (χ0v) is 47.4. The molecule has 0 saturated carbocycles. The van der Waals surface area contributed by atoms with Crippen molar-refractivity contribution in [2.75, 3.05) is 13.2 Å². The lowest BCUT2D eigenvalue weighted by Gasteiger charge is -2.18. The molecule has 1 unspecified atom stereocenters. The second kappa shape index (κ2) is 60.4. The molecule has 0 bridgehead atoms. The van der Waals surface area contributed by atoms with E-state index in [1.54, 1.807) is 0 Å². The van der Waals surface area contributed by atoms with Crippen molar-refractivity contribution in [2.24, 2.45) is 0 Å². The molecule has 0 heterocycles. The molecule has 0 fully saturated rings. The van der Waals surface area contributed by atoms with Gasteiger partial charge in [0.15, 0.2) is 6.10 Å². The van der Waals surface area contributed by atoms with Crippen LogP contribution in [0.25, 0.3) is 0 Å². The Morgan fingerprint density at radius 1 is 0.288 bits per heavy atom. The molecule has 0 radical (unpaired) electrons. The standard InChI is InChI=1S/C67H110O6/c1-4-7-10-13-16-19-22-25-28-30-31-32-33-34-35-36-37-38-40-42-45-48-51-54-57-60-66(69)72-63-64(62-71-65(68)59-56-53-50-47-44-41-27-24-21-18-15-12-9-6-3)73-67(70)61-58-55-52-49-46-43-39-29-26-23-20-17-14-11-8-5-2/h7,10,16,19-20,23-25,27-29,31-32,34-35,37-39,42,45,64H,4-6,8-9,11-15,17-18,21-22,26,30,33,36,40-41,43-44,46-63H2,1-3H3/b10-7-,19-16-,23-20-,27-24-,28-25-,32-31-,35-34-,38-37-,39-29-,45-42-. The van der Waals surface area contributed by atoms with E-state index in [-0.39, 0.29) is 31.1 Å². The van der Waals surface area contributed by atoms with Gasteiger partial charge < -0.3 is 14.2 Å². The SMILES string of the molecule is CC/C=C\C/C=C\C/C=C\C/C=C\C/C=C\C/C=C\C/C=C\CCCCCC(=O)OCC(COC(=O)CCCCCCC/C=C\CCCCCCC)OC(=O)CCCCCCC/C=C\C/C=C\CCCCCC. The number of hydrogen-bond acceptors (Lipinski definition) is 6. The van der Waals surface area contributed by atoms with E-state index in [0.29, 0.717) is 19.3 Å². The fraction of sp³-hybridized carbons (Fsp3) is 0.657. The summed E-state index contributed by atoms with van der Waals surface area (Å²) in [4.78, 5) is 38.2. The van der Waals surface area contributed by atoms with Crippen molar-refractivity contribution in [1.29, 1.82) is 0 Å². The third-order valence-electron chi connectivity index (χ3n) is 12.4. The van der Waals surface area contributed by atoms with E-state index >= 15 is 0 Å². The van der Waals surface area contributed by atoms with Crippen LogP contribution in [0.2, 0.25) is 0 Å². The maximum absolute atomic E-state index is 12.9.